The van der Waals surface area contributed by atoms with Gasteiger partial charge in [0, 0.05) is 12.0 Å². The van der Waals surface area contributed by atoms with Crippen LogP contribution in [-0.2, 0) is 11.3 Å². The van der Waals surface area contributed by atoms with Gasteiger partial charge in [0.2, 0.25) is 0 Å². The number of guanidine groups is 1. The normalized spacial score (nSPS) is 18.4. The first-order chi connectivity index (χ1) is 11.7. The summed E-state index contributed by atoms with van der Waals surface area (Å²) in [5.74, 6) is 0.535. The van der Waals surface area contributed by atoms with Crippen LogP contribution in [0.25, 0.3) is 0 Å². The number of aromatic nitrogens is 1. The van der Waals surface area contributed by atoms with E-state index in [1.54, 1.807) is 6.07 Å². The molecule has 25 heavy (non-hydrogen) atoms. The van der Waals surface area contributed by atoms with Gasteiger partial charge in [-0.3, -0.25) is 4.98 Å². The molecule has 0 aliphatic heterocycles. The molecule has 0 amide bonds. The highest BCUT2D eigenvalue weighted by molar-refractivity contribution is 14.0. The Morgan fingerprint density at radius 1 is 1.28 bits per heavy atom. The van der Waals surface area contributed by atoms with Crippen molar-refractivity contribution in [2.75, 3.05) is 7.11 Å². The van der Waals surface area contributed by atoms with Crippen LogP contribution in [0, 0.1) is 0 Å². The number of ether oxygens (including phenoxy) is 1. The van der Waals surface area contributed by atoms with Gasteiger partial charge in [0.25, 0.3) is 0 Å². The second kappa shape index (κ2) is 9.35. The molecule has 3 rings (SSSR count). The highest BCUT2D eigenvalue weighted by atomic mass is 127. The monoisotopic (exact) mass is 458 g/mol. The Morgan fingerprint density at radius 2 is 2.00 bits per heavy atom. The molecule has 2 aliphatic carbocycles. The van der Waals surface area contributed by atoms with Crippen LogP contribution in [0.4, 0.5) is 0 Å². The molecule has 0 aromatic carbocycles. The molecule has 0 bridgehead atoms. The van der Waals surface area contributed by atoms with E-state index < -0.39 is 0 Å². The largest absolute Gasteiger partial charge is 0.465 e. The second-order valence-corrected chi connectivity index (χ2v) is 6.68. The molecule has 3 N–H and O–H groups in total. The Hall–Kier alpha value is -1.38. The Kier molecular flexibility index (Phi) is 7.46. The smallest absolute Gasteiger partial charge is 0.339 e. The third kappa shape index (κ3) is 5.55. The summed E-state index contributed by atoms with van der Waals surface area (Å²) in [7, 11) is 1.40. The zero-order valence-corrected chi connectivity index (χ0v) is 17.0. The molecule has 0 unspecified atom stereocenters. The number of halogens is 1. The highest BCUT2D eigenvalue weighted by Crippen LogP contribution is 2.40. The molecule has 138 valence electrons. The van der Waals surface area contributed by atoms with Crippen molar-refractivity contribution in [1.29, 1.82) is 0 Å². The van der Waals surface area contributed by atoms with E-state index in [0.29, 0.717) is 30.0 Å². The summed E-state index contributed by atoms with van der Waals surface area (Å²) in [5.41, 5.74) is 8.24. The van der Waals surface area contributed by atoms with Crippen LogP contribution in [0.15, 0.2) is 17.1 Å². The van der Waals surface area contributed by atoms with Gasteiger partial charge in [-0.05, 0) is 37.8 Å². The molecule has 2 saturated carbocycles. The number of hydrogen-bond donors (Lipinski definition) is 2. The van der Waals surface area contributed by atoms with Gasteiger partial charge in [-0.1, -0.05) is 19.3 Å². The molecule has 0 spiro atoms. The first kappa shape index (κ1) is 19.9. The first-order valence-corrected chi connectivity index (χ1v) is 8.82. The standard InChI is InChI=1S/C18H26N4O2.HI/c1-24-17(23)15-10-9-14(21-16(15)12-7-8-12)11-20-18(19)22-13-5-3-2-4-6-13;/h9-10,12-13H,2-8,11H2,1H3,(H3,19,20,22);1H. The van der Waals surface area contributed by atoms with E-state index >= 15 is 0 Å². The minimum Gasteiger partial charge on any atom is -0.465 e. The van der Waals surface area contributed by atoms with E-state index in [-0.39, 0.29) is 29.9 Å². The Balaban J connectivity index is 0.00000225. The number of carbonyl (C=O) groups excluding carboxylic acids is 1. The maximum absolute atomic E-state index is 11.8. The molecule has 1 heterocycles. The van der Waals surface area contributed by atoms with Crippen molar-refractivity contribution in [2.45, 2.75) is 63.5 Å². The van der Waals surface area contributed by atoms with Gasteiger partial charge in [0.1, 0.15) is 0 Å². The molecular weight excluding hydrogens is 431 g/mol. The van der Waals surface area contributed by atoms with Gasteiger partial charge < -0.3 is 15.8 Å². The maximum atomic E-state index is 11.8. The van der Waals surface area contributed by atoms with Crippen molar-refractivity contribution in [2.24, 2.45) is 10.7 Å². The van der Waals surface area contributed by atoms with Crippen molar-refractivity contribution in [3.8, 4) is 0 Å². The molecule has 1 aromatic heterocycles. The van der Waals surface area contributed by atoms with Crippen molar-refractivity contribution in [3.63, 3.8) is 0 Å². The summed E-state index contributed by atoms with van der Waals surface area (Å²) >= 11 is 0. The van der Waals surface area contributed by atoms with Crippen molar-refractivity contribution in [3.05, 3.63) is 29.1 Å². The van der Waals surface area contributed by atoms with Gasteiger partial charge >= 0.3 is 5.97 Å². The molecule has 6 nitrogen and oxygen atoms in total. The number of nitrogens with one attached hydrogen (secondary N) is 1. The third-order valence-corrected chi connectivity index (χ3v) is 4.72. The summed E-state index contributed by atoms with van der Waals surface area (Å²) in [6.45, 7) is 0.423. The predicted molar refractivity (Wildman–Crippen MR) is 108 cm³/mol. The average Bonchev–Trinajstić information content (AvgIpc) is 3.45. The topological polar surface area (TPSA) is 89.6 Å². The number of rotatable bonds is 5. The van der Waals surface area contributed by atoms with E-state index in [4.69, 9.17) is 10.5 Å². The van der Waals surface area contributed by atoms with E-state index in [2.05, 4.69) is 15.3 Å². The maximum Gasteiger partial charge on any atom is 0.339 e. The van der Waals surface area contributed by atoms with E-state index in [1.165, 1.54) is 26.4 Å². The fraction of sp³-hybridized carbons (Fsp3) is 0.611. The summed E-state index contributed by atoms with van der Waals surface area (Å²) in [4.78, 5) is 20.9. The van der Waals surface area contributed by atoms with E-state index in [1.807, 2.05) is 6.07 Å². The number of nitrogens with two attached hydrogens (primary N) is 1. The van der Waals surface area contributed by atoms with Crippen LogP contribution >= 0.6 is 24.0 Å². The van der Waals surface area contributed by atoms with Gasteiger partial charge in [-0.15, -0.1) is 24.0 Å². The summed E-state index contributed by atoms with van der Waals surface area (Å²) < 4.78 is 4.84. The number of aliphatic imine (C=N–C) groups is 1. The fourth-order valence-electron chi connectivity index (χ4n) is 3.22. The molecule has 7 heteroatoms. The lowest BCUT2D eigenvalue weighted by Gasteiger charge is -2.23. The third-order valence-electron chi connectivity index (χ3n) is 4.72. The number of pyridine rings is 1. The minimum absolute atomic E-state index is 0. The number of methoxy groups -OCH3 is 1. The molecule has 1 aromatic rings. The predicted octanol–water partition coefficient (Wildman–Crippen LogP) is 3.10. The van der Waals surface area contributed by atoms with E-state index in [9.17, 15) is 4.79 Å². The first-order valence-electron chi connectivity index (χ1n) is 8.82. The zero-order chi connectivity index (χ0) is 16.9. The van der Waals surface area contributed by atoms with Crippen LogP contribution < -0.4 is 11.1 Å². The average molecular weight is 458 g/mol. The number of esters is 1. The fourth-order valence-corrected chi connectivity index (χ4v) is 3.22. The van der Waals surface area contributed by atoms with Gasteiger partial charge in [-0.2, -0.15) is 0 Å². The SMILES string of the molecule is COC(=O)c1ccc(CN=C(N)NC2CCCCC2)nc1C1CC1.I. The van der Waals surface area contributed by atoms with Crippen LogP contribution in [0.5, 0.6) is 0 Å². The lowest BCUT2D eigenvalue weighted by molar-refractivity contribution is 0.0598. The van der Waals surface area contributed by atoms with Gasteiger partial charge in [0.05, 0.1) is 30.6 Å². The van der Waals surface area contributed by atoms with Gasteiger partial charge in [0.15, 0.2) is 5.96 Å². The molecular formula is C18H27IN4O2. The van der Waals surface area contributed by atoms with Crippen LogP contribution in [-0.4, -0.2) is 30.1 Å². The number of carbonyl (C=O) groups is 1. The van der Waals surface area contributed by atoms with Crippen LogP contribution in [0.3, 0.4) is 0 Å². The van der Waals surface area contributed by atoms with Crippen molar-refractivity contribution >= 4 is 35.9 Å². The van der Waals surface area contributed by atoms with Crippen LogP contribution in [0.1, 0.15) is 72.6 Å². The van der Waals surface area contributed by atoms with Crippen molar-refractivity contribution in [1.82, 2.24) is 10.3 Å². The lowest BCUT2D eigenvalue weighted by atomic mass is 9.96. The Morgan fingerprint density at radius 3 is 2.64 bits per heavy atom. The minimum atomic E-state index is -0.321. The summed E-state index contributed by atoms with van der Waals surface area (Å²) in [6.07, 6.45) is 8.31. The Labute approximate surface area is 166 Å². The quantitative estimate of drug-likeness (QED) is 0.306. The zero-order valence-electron chi connectivity index (χ0n) is 14.7. The molecule has 0 radical (unpaired) electrons. The summed E-state index contributed by atoms with van der Waals surface area (Å²) in [6, 6.07) is 4.07. The molecule has 0 atom stereocenters. The number of hydrogen-bond acceptors (Lipinski definition) is 4. The summed E-state index contributed by atoms with van der Waals surface area (Å²) in [5, 5.41) is 3.30. The molecule has 0 saturated heterocycles. The second-order valence-electron chi connectivity index (χ2n) is 6.68. The van der Waals surface area contributed by atoms with E-state index in [0.717, 1.165) is 37.1 Å². The lowest BCUT2D eigenvalue weighted by Crippen LogP contribution is -2.41. The number of nitrogens with zero attached hydrogens (tertiary/aromatic N) is 2. The van der Waals surface area contributed by atoms with Crippen LogP contribution in [0.2, 0.25) is 0 Å². The van der Waals surface area contributed by atoms with Crippen molar-refractivity contribution < 1.29 is 9.53 Å². The highest BCUT2D eigenvalue weighted by Gasteiger charge is 2.30. The molecule has 2 aliphatic rings. The molecule has 2 fully saturated rings. The van der Waals surface area contributed by atoms with Gasteiger partial charge in [-0.25, -0.2) is 9.79 Å². The Bertz CT molecular complexity index is 626.